The van der Waals surface area contributed by atoms with Crippen molar-refractivity contribution in [1.82, 2.24) is 4.90 Å². The van der Waals surface area contributed by atoms with E-state index in [-0.39, 0.29) is 46.7 Å². The van der Waals surface area contributed by atoms with Crippen molar-refractivity contribution in [3.8, 4) is 0 Å². The Morgan fingerprint density at radius 1 is 1.03 bits per heavy atom. The van der Waals surface area contributed by atoms with Gasteiger partial charge in [0.15, 0.2) is 0 Å². The molecule has 5 aliphatic rings. The van der Waals surface area contributed by atoms with Gasteiger partial charge in [0.1, 0.15) is 17.3 Å². The van der Waals surface area contributed by atoms with E-state index in [0.29, 0.717) is 49.6 Å². The van der Waals surface area contributed by atoms with Crippen LogP contribution in [0.2, 0.25) is 0 Å². The molecule has 0 aromatic heterocycles. The molecule has 182 valence electrons. The van der Waals surface area contributed by atoms with Gasteiger partial charge in [0.25, 0.3) is 0 Å². The molecule has 5 nitrogen and oxygen atoms in total. The van der Waals surface area contributed by atoms with Gasteiger partial charge in [0.2, 0.25) is 5.91 Å². The Labute approximate surface area is 198 Å². The summed E-state index contributed by atoms with van der Waals surface area (Å²) in [5, 5.41) is 0. The average Bonchev–Trinajstić information content (AvgIpc) is 3.43. The standard InChI is InChI=1S/C28H41NO4/c1-17(6-9-25(33)29-12-4-5-13-29)20-7-8-21-26-22(16-24(32)28(20,21)3)27(2)11-10-19(30)14-18(27)15-23(26)31/h17-18,20-22,26H,4-16H2,1-3H3/t17-,18+,20-,21+,22+,26+,27+,28-/m1/s1. The van der Waals surface area contributed by atoms with Crippen molar-refractivity contribution in [3.05, 3.63) is 0 Å². The summed E-state index contributed by atoms with van der Waals surface area (Å²) in [4.78, 5) is 54.1. The highest BCUT2D eigenvalue weighted by atomic mass is 16.2. The number of likely N-dealkylation sites (tertiary alicyclic amines) is 1. The van der Waals surface area contributed by atoms with Crippen molar-refractivity contribution in [2.24, 2.45) is 46.3 Å². The van der Waals surface area contributed by atoms with Crippen LogP contribution in [0.4, 0.5) is 0 Å². The average molecular weight is 456 g/mol. The molecule has 8 atom stereocenters. The first-order valence-electron chi connectivity index (χ1n) is 13.5. The lowest BCUT2D eigenvalue weighted by molar-refractivity contribution is -0.166. The zero-order chi connectivity index (χ0) is 23.5. The zero-order valence-corrected chi connectivity index (χ0v) is 20.7. The number of nitrogens with zero attached hydrogens (tertiary/aromatic N) is 1. The van der Waals surface area contributed by atoms with E-state index >= 15 is 0 Å². The number of rotatable bonds is 4. The van der Waals surface area contributed by atoms with E-state index < -0.39 is 5.41 Å². The van der Waals surface area contributed by atoms with Gasteiger partial charge in [-0.2, -0.15) is 0 Å². The Kier molecular flexibility index (Phi) is 5.85. The minimum absolute atomic E-state index is 0.0226. The molecule has 0 radical (unpaired) electrons. The smallest absolute Gasteiger partial charge is 0.222 e. The van der Waals surface area contributed by atoms with Crippen molar-refractivity contribution >= 4 is 23.3 Å². The molecule has 4 aliphatic carbocycles. The summed E-state index contributed by atoms with van der Waals surface area (Å²) in [5.74, 6) is 2.12. The van der Waals surface area contributed by atoms with Crippen LogP contribution in [0.1, 0.15) is 91.4 Å². The Bertz CT molecular complexity index is 860. The molecule has 1 saturated heterocycles. The van der Waals surface area contributed by atoms with E-state index in [2.05, 4.69) is 20.8 Å². The Morgan fingerprint density at radius 2 is 1.76 bits per heavy atom. The summed E-state index contributed by atoms with van der Waals surface area (Å²) < 4.78 is 0. The minimum Gasteiger partial charge on any atom is -0.343 e. The summed E-state index contributed by atoms with van der Waals surface area (Å²) in [6, 6.07) is 0. The predicted molar refractivity (Wildman–Crippen MR) is 125 cm³/mol. The van der Waals surface area contributed by atoms with E-state index in [0.717, 1.165) is 51.6 Å². The number of amides is 1. The van der Waals surface area contributed by atoms with Crippen LogP contribution in [0.25, 0.3) is 0 Å². The molecule has 0 spiro atoms. The van der Waals surface area contributed by atoms with E-state index in [4.69, 9.17) is 0 Å². The SMILES string of the molecule is C[C@H](CCC(=O)N1CCCC1)[C@H]1CC[C@H]2[C@@H]3C(=O)C[C@@H]4CC(=O)CC[C@]4(C)[C@H]3CC(=O)[C@]12C. The van der Waals surface area contributed by atoms with Crippen LogP contribution < -0.4 is 0 Å². The molecule has 4 saturated carbocycles. The second-order valence-electron chi connectivity index (χ2n) is 12.6. The van der Waals surface area contributed by atoms with Crippen LogP contribution >= 0.6 is 0 Å². The summed E-state index contributed by atoms with van der Waals surface area (Å²) in [7, 11) is 0. The molecule has 0 N–H and O–H groups in total. The lowest BCUT2D eigenvalue weighted by Gasteiger charge is -2.58. The number of carbonyl (C=O) groups is 4. The maximum atomic E-state index is 13.8. The molecule has 5 heteroatoms. The number of fused-ring (bicyclic) bond motifs is 5. The number of hydrogen-bond donors (Lipinski definition) is 0. The molecular formula is C28H41NO4. The van der Waals surface area contributed by atoms with Crippen molar-refractivity contribution in [2.75, 3.05) is 13.1 Å². The quantitative estimate of drug-likeness (QED) is 0.621. The van der Waals surface area contributed by atoms with Crippen LogP contribution in [0.5, 0.6) is 0 Å². The van der Waals surface area contributed by atoms with E-state index in [1.165, 1.54) is 0 Å². The maximum absolute atomic E-state index is 13.8. The Hall–Kier alpha value is -1.52. The minimum atomic E-state index is -0.444. The van der Waals surface area contributed by atoms with Crippen molar-refractivity contribution < 1.29 is 19.2 Å². The van der Waals surface area contributed by atoms with Crippen LogP contribution in [-0.2, 0) is 19.2 Å². The van der Waals surface area contributed by atoms with Crippen LogP contribution in [0, 0.1) is 46.3 Å². The van der Waals surface area contributed by atoms with Gasteiger partial charge < -0.3 is 4.90 Å². The van der Waals surface area contributed by atoms with Crippen molar-refractivity contribution in [2.45, 2.75) is 91.4 Å². The lowest BCUT2D eigenvalue weighted by atomic mass is 9.44. The molecule has 0 aromatic carbocycles. The van der Waals surface area contributed by atoms with Crippen LogP contribution in [0.15, 0.2) is 0 Å². The molecule has 5 rings (SSSR count). The normalized spacial score (nSPS) is 43.8. The molecule has 1 aliphatic heterocycles. The van der Waals surface area contributed by atoms with Gasteiger partial charge in [-0.25, -0.2) is 0 Å². The summed E-state index contributed by atoms with van der Waals surface area (Å²) in [6.45, 7) is 8.43. The van der Waals surface area contributed by atoms with Gasteiger partial charge in [-0.05, 0) is 73.5 Å². The molecule has 1 amide bonds. The fourth-order valence-electron chi connectivity index (χ4n) is 9.07. The first-order chi connectivity index (χ1) is 15.7. The number of hydrogen-bond acceptors (Lipinski definition) is 4. The summed E-state index contributed by atoms with van der Waals surface area (Å²) in [5.41, 5.74) is -0.504. The number of carbonyl (C=O) groups excluding carboxylic acids is 4. The van der Waals surface area contributed by atoms with Gasteiger partial charge in [0, 0.05) is 56.5 Å². The van der Waals surface area contributed by atoms with Crippen molar-refractivity contribution in [3.63, 3.8) is 0 Å². The van der Waals surface area contributed by atoms with Crippen molar-refractivity contribution in [1.29, 1.82) is 0 Å². The molecule has 33 heavy (non-hydrogen) atoms. The van der Waals surface area contributed by atoms with Gasteiger partial charge >= 0.3 is 0 Å². The van der Waals surface area contributed by atoms with Gasteiger partial charge in [0.05, 0.1) is 0 Å². The van der Waals surface area contributed by atoms with Crippen LogP contribution in [0.3, 0.4) is 0 Å². The second kappa shape index (κ2) is 8.30. The highest BCUT2D eigenvalue weighted by Crippen LogP contribution is 2.66. The highest BCUT2D eigenvalue weighted by molar-refractivity contribution is 5.93. The first-order valence-corrected chi connectivity index (χ1v) is 13.5. The van der Waals surface area contributed by atoms with Gasteiger partial charge in [-0.3, -0.25) is 19.2 Å². The fraction of sp³-hybridized carbons (Fsp3) is 0.857. The lowest BCUT2D eigenvalue weighted by Crippen LogP contribution is -2.60. The van der Waals surface area contributed by atoms with Gasteiger partial charge in [-0.15, -0.1) is 0 Å². The summed E-state index contributed by atoms with van der Waals surface area (Å²) >= 11 is 0. The molecule has 0 bridgehead atoms. The molecule has 5 fully saturated rings. The number of ketones is 3. The number of Topliss-reactive ketones (excluding diaryl/α,β-unsaturated/α-hetero) is 3. The zero-order valence-electron chi connectivity index (χ0n) is 20.7. The Balaban J connectivity index is 1.34. The van der Waals surface area contributed by atoms with E-state index in [1.807, 2.05) is 4.90 Å². The molecule has 0 unspecified atom stereocenters. The molecular weight excluding hydrogens is 414 g/mol. The summed E-state index contributed by atoms with van der Waals surface area (Å²) in [6.07, 6.45) is 8.55. The van der Waals surface area contributed by atoms with Crippen LogP contribution in [-0.4, -0.2) is 41.2 Å². The van der Waals surface area contributed by atoms with E-state index in [1.54, 1.807) is 0 Å². The maximum Gasteiger partial charge on any atom is 0.222 e. The molecule has 0 aromatic rings. The second-order valence-corrected chi connectivity index (χ2v) is 12.6. The predicted octanol–water partition coefficient (Wildman–Crippen LogP) is 4.61. The first kappa shape index (κ1) is 23.2. The fourth-order valence-corrected chi connectivity index (χ4v) is 9.07. The third-order valence-corrected chi connectivity index (χ3v) is 11.2. The monoisotopic (exact) mass is 455 g/mol. The van der Waals surface area contributed by atoms with Gasteiger partial charge in [-0.1, -0.05) is 20.8 Å². The largest absolute Gasteiger partial charge is 0.343 e. The highest BCUT2D eigenvalue weighted by Gasteiger charge is 2.66. The third-order valence-electron chi connectivity index (χ3n) is 11.2. The third kappa shape index (κ3) is 3.55. The molecule has 1 heterocycles. The van der Waals surface area contributed by atoms with E-state index in [9.17, 15) is 19.2 Å². The Morgan fingerprint density at radius 3 is 2.48 bits per heavy atom. The topological polar surface area (TPSA) is 71.5 Å².